The van der Waals surface area contributed by atoms with Crippen molar-refractivity contribution >= 4 is 17.5 Å². The quantitative estimate of drug-likeness (QED) is 0.396. The number of aromatic nitrogens is 4. The maximum Gasteiger partial charge on any atom is 0.258 e. The van der Waals surface area contributed by atoms with Crippen molar-refractivity contribution in [3.8, 4) is 11.5 Å². The van der Waals surface area contributed by atoms with E-state index >= 15 is 0 Å². The van der Waals surface area contributed by atoms with Crippen molar-refractivity contribution in [2.75, 3.05) is 39.2 Å². The number of ether oxygens (including phenoxy) is 2. The highest BCUT2D eigenvalue weighted by Crippen LogP contribution is 2.31. The Hall–Kier alpha value is -4.03. The van der Waals surface area contributed by atoms with Gasteiger partial charge in [0.25, 0.3) is 5.91 Å². The molecule has 3 atom stereocenters. The average molecular weight is 538 g/mol. The number of likely N-dealkylation sites (N-methyl/N-ethyl adjacent to an activating group) is 1. The summed E-state index contributed by atoms with van der Waals surface area (Å²) < 4.78 is 13.0. The number of tetrazole rings is 1. The highest BCUT2D eigenvalue weighted by Gasteiger charge is 2.33. The van der Waals surface area contributed by atoms with Gasteiger partial charge >= 0.3 is 0 Å². The van der Waals surface area contributed by atoms with Gasteiger partial charge in [-0.1, -0.05) is 19.1 Å². The summed E-state index contributed by atoms with van der Waals surface area (Å²) in [5.41, 5.74) is 1.91. The average Bonchev–Trinajstić information content (AvgIpc) is 3.43. The van der Waals surface area contributed by atoms with Crippen LogP contribution in [0.15, 0.2) is 48.8 Å². The van der Waals surface area contributed by atoms with Crippen molar-refractivity contribution in [1.82, 2.24) is 30.0 Å². The zero-order valence-electron chi connectivity index (χ0n) is 22.6. The number of carbonyl (C=O) groups excluding carboxylic acids is 2. The minimum Gasteiger partial charge on any atom is -0.497 e. The van der Waals surface area contributed by atoms with Gasteiger partial charge in [-0.25, -0.2) is 4.68 Å². The van der Waals surface area contributed by atoms with Crippen LogP contribution in [-0.4, -0.2) is 92.9 Å². The van der Waals surface area contributed by atoms with Gasteiger partial charge in [0, 0.05) is 31.2 Å². The summed E-state index contributed by atoms with van der Waals surface area (Å²) >= 11 is 0. The zero-order chi connectivity index (χ0) is 27.9. The maximum atomic E-state index is 13.6. The third kappa shape index (κ3) is 7.09. The molecule has 1 aromatic heterocycles. The molecule has 0 aliphatic carbocycles. The van der Waals surface area contributed by atoms with Crippen LogP contribution in [0.2, 0.25) is 0 Å². The van der Waals surface area contributed by atoms with Crippen molar-refractivity contribution < 1.29 is 24.2 Å². The first-order valence-corrected chi connectivity index (χ1v) is 12.8. The van der Waals surface area contributed by atoms with E-state index in [2.05, 4.69) is 32.7 Å². The predicted octanol–water partition coefficient (Wildman–Crippen LogP) is 1.67. The molecule has 12 heteroatoms. The molecule has 39 heavy (non-hydrogen) atoms. The molecule has 208 valence electrons. The summed E-state index contributed by atoms with van der Waals surface area (Å²) in [7, 11) is 3.67. The number of rotatable bonds is 10. The van der Waals surface area contributed by atoms with Crippen molar-refractivity contribution in [3.05, 3.63) is 59.9 Å². The SMILES string of the molecule is COc1ccc(CN(C)C[C@H]2Oc3ccc(NC(=O)Cn4cnnn4)cc3C(=O)N([C@H](C)CO)C[C@H]2C)cc1. The molecule has 0 radical (unpaired) electrons. The fourth-order valence-corrected chi connectivity index (χ4v) is 4.53. The zero-order valence-corrected chi connectivity index (χ0v) is 22.6. The third-order valence-corrected chi connectivity index (χ3v) is 6.75. The van der Waals surface area contributed by atoms with Gasteiger partial charge in [0.1, 0.15) is 30.5 Å². The summed E-state index contributed by atoms with van der Waals surface area (Å²) in [5, 5.41) is 23.4. The Bertz CT molecular complexity index is 1250. The van der Waals surface area contributed by atoms with Crippen molar-refractivity contribution in [2.45, 2.75) is 39.1 Å². The smallest absolute Gasteiger partial charge is 0.258 e. The lowest BCUT2D eigenvalue weighted by molar-refractivity contribution is -0.116. The van der Waals surface area contributed by atoms with Crippen LogP contribution in [0, 0.1) is 5.92 Å². The fraction of sp³-hybridized carbons (Fsp3) is 0.444. The van der Waals surface area contributed by atoms with Crippen LogP contribution in [0.5, 0.6) is 11.5 Å². The molecule has 0 bridgehead atoms. The van der Waals surface area contributed by atoms with E-state index < -0.39 is 0 Å². The predicted molar refractivity (Wildman–Crippen MR) is 143 cm³/mol. The minimum absolute atomic E-state index is 0.00918. The number of fused-ring (bicyclic) bond motifs is 1. The molecule has 2 N–H and O–H groups in total. The topological polar surface area (TPSA) is 135 Å². The molecule has 0 spiro atoms. The Morgan fingerprint density at radius 3 is 2.72 bits per heavy atom. The monoisotopic (exact) mass is 537 g/mol. The number of nitrogens with one attached hydrogen (secondary N) is 1. The molecule has 4 rings (SSSR count). The number of anilines is 1. The van der Waals surface area contributed by atoms with Crippen molar-refractivity contribution in [2.24, 2.45) is 5.92 Å². The number of amides is 2. The molecule has 2 amide bonds. The largest absolute Gasteiger partial charge is 0.497 e. The van der Waals surface area contributed by atoms with Gasteiger partial charge in [-0.15, -0.1) is 5.10 Å². The van der Waals surface area contributed by atoms with Crippen LogP contribution in [0.3, 0.4) is 0 Å². The van der Waals surface area contributed by atoms with Crippen molar-refractivity contribution in [3.63, 3.8) is 0 Å². The second-order valence-electron chi connectivity index (χ2n) is 9.93. The summed E-state index contributed by atoms with van der Waals surface area (Å²) in [5.74, 6) is 0.630. The van der Waals surface area contributed by atoms with Gasteiger partial charge in [-0.2, -0.15) is 0 Å². The van der Waals surface area contributed by atoms with Gasteiger partial charge < -0.3 is 24.8 Å². The standard InChI is InChI=1S/C27H35N7O5/c1-18-12-34(19(2)16-35)27(37)23-11-21(29-26(36)15-33-17-28-30-31-33)7-10-24(23)39-25(18)14-32(3)13-20-5-8-22(38-4)9-6-20/h5-11,17-19,25,35H,12-16H2,1-4H3,(H,29,36)/t18-,19-,25-/m1/s1. The molecular formula is C27H35N7O5. The first-order chi connectivity index (χ1) is 18.8. The van der Waals surface area contributed by atoms with Crippen LogP contribution in [0.4, 0.5) is 5.69 Å². The number of aliphatic hydroxyl groups excluding tert-OH is 1. The first kappa shape index (κ1) is 28.0. The van der Waals surface area contributed by atoms with Crippen LogP contribution in [0.25, 0.3) is 0 Å². The van der Waals surface area contributed by atoms with Crippen molar-refractivity contribution in [1.29, 1.82) is 0 Å². The summed E-state index contributed by atoms with van der Waals surface area (Å²) in [6.45, 7) is 5.38. The lowest BCUT2D eigenvalue weighted by Gasteiger charge is -2.38. The maximum absolute atomic E-state index is 13.6. The molecule has 0 saturated heterocycles. The molecule has 0 fully saturated rings. The number of carbonyl (C=O) groups is 2. The van der Waals surface area contributed by atoms with Gasteiger partial charge in [0.2, 0.25) is 5.91 Å². The van der Waals surface area contributed by atoms with Gasteiger partial charge in [0.15, 0.2) is 0 Å². The molecule has 0 unspecified atom stereocenters. The molecule has 3 aromatic rings. The van der Waals surface area contributed by atoms with E-state index in [4.69, 9.17) is 9.47 Å². The minimum atomic E-state index is -0.387. The Morgan fingerprint density at radius 1 is 1.28 bits per heavy atom. The number of benzene rings is 2. The van der Waals surface area contributed by atoms with E-state index in [9.17, 15) is 14.7 Å². The Balaban J connectivity index is 1.54. The number of methoxy groups -OCH3 is 1. The van der Waals surface area contributed by atoms with E-state index in [0.717, 1.165) is 11.3 Å². The molecule has 2 aromatic carbocycles. The number of aliphatic hydroxyl groups is 1. The molecular weight excluding hydrogens is 502 g/mol. The lowest BCUT2D eigenvalue weighted by atomic mass is 9.99. The van der Waals surface area contributed by atoms with E-state index in [1.165, 1.54) is 11.0 Å². The Labute approximate surface area is 227 Å². The molecule has 0 saturated carbocycles. The summed E-state index contributed by atoms with van der Waals surface area (Å²) in [4.78, 5) is 30.0. The number of nitrogens with zero attached hydrogens (tertiary/aromatic N) is 6. The van der Waals surface area contributed by atoms with Gasteiger partial charge in [0.05, 0.1) is 25.3 Å². The highest BCUT2D eigenvalue weighted by molar-refractivity contribution is 5.99. The molecule has 1 aliphatic rings. The molecule has 2 heterocycles. The van der Waals surface area contributed by atoms with E-state index in [-0.39, 0.29) is 43.0 Å². The van der Waals surface area contributed by atoms with Crippen LogP contribution in [-0.2, 0) is 17.9 Å². The number of hydrogen-bond donors (Lipinski definition) is 2. The van der Waals surface area contributed by atoms with Gasteiger partial charge in [-0.05, 0) is 60.3 Å². The van der Waals surface area contributed by atoms with Crippen LogP contribution >= 0.6 is 0 Å². The fourth-order valence-electron chi connectivity index (χ4n) is 4.53. The second kappa shape index (κ2) is 12.7. The summed E-state index contributed by atoms with van der Waals surface area (Å²) in [6.07, 6.45) is 1.12. The molecule has 1 aliphatic heterocycles. The first-order valence-electron chi connectivity index (χ1n) is 12.8. The highest BCUT2D eigenvalue weighted by atomic mass is 16.5. The number of hydrogen-bond acceptors (Lipinski definition) is 9. The van der Waals surface area contributed by atoms with Gasteiger partial charge in [-0.3, -0.25) is 14.5 Å². The Kier molecular flexibility index (Phi) is 9.10. The Morgan fingerprint density at radius 2 is 2.05 bits per heavy atom. The summed E-state index contributed by atoms with van der Waals surface area (Å²) in [6, 6.07) is 12.6. The van der Waals surface area contributed by atoms with E-state index in [1.54, 1.807) is 30.2 Å². The van der Waals surface area contributed by atoms with Crippen LogP contribution < -0.4 is 14.8 Å². The lowest BCUT2D eigenvalue weighted by Crippen LogP contribution is -2.49. The third-order valence-electron chi connectivity index (χ3n) is 6.75. The normalized spacial score (nSPS) is 18.1. The second-order valence-corrected chi connectivity index (χ2v) is 9.93. The van der Waals surface area contributed by atoms with Crippen LogP contribution in [0.1, 0.15) is 29.8 Å². The van der Waals surface area contributed by atoms with E-state index in [1.807, 2.05) is 38.2 Å². The van der Waals surface area contributed by atoms with E-state index in [0.29, 0.717) is 36.6 Å². The molecule has 12 nitrogen and oxygen atoms in total.